The lowest BCUT2D eigenvalue weighted by molar-refractivity contribution is -0.119. The summed E-state index contributed by atoms with van der Waals surface area (Å²) in [5, 5.41) is 7.29. The Kier molecular flexibility index (Phi) is 6.02. The Morgan fingerprint density at radius 2 is 1.95 bits per heavy atom. The van der Waals surface area contributed by atoms with Crippen molar-refractivity contribution < 1.29 is 4.79 Å². The molecule has 3 unspecified atom stereocenters. The first kappa shape index (κ1) is 15.2. The highest BCUT2D eigenvalue weighted by molar-refractivity contribution is 8.00. The van der Waals surface area contributed by atoms with Gasteiger partial charge >= 0.3 is 0 Å². The van der Waals surface area contributed by atoms with Crippen LogP contribution in [0.15, 0.2) is 0 Å². The quantitative estimate of drug-likeness (QED) is 0.833. The van der Waals surface area contributed by atoms with Crippen molar-refractivity contribution >= 4 is 17.7 Å². The summed E-state index contributed by atoms with van der Waals surface area (Å²) in [5.41, 5.74) is 0. The highest BCUT2D eigenvalue weighted by Gasteiger charge is 2.26. The van der Waals surface area contributed by atoms with Gasteiger partial charge in [0, 0.05) is 11.3 Å². The average Bonchev–Trinajstić information content (AvgIpc) is 2.41. The third kappa shape index (κ3) is 4.99. The molecule has 3 atom stereocenters. The zero-order valence-electron chi connectivity index (χ0n) is 12.3. The summed E-state index contributed by atoms with van der Waals surface area (Å²) >= 11 is 1.84. The van der Waals surface area contributed by atoms with Crippen molar-refractivity contribution in [1.29, 1.82) is 0 Å². The lowest BCUT2D eigenvalue weighted by Crippen LogP contribution is -2.43. The summed E-state index contributed by atoms with van der Waals surface area (Å²) in [4.78, 5) is 12.0. The van der Waals surface area contributed by atoms with Crippen LogP contribution in [-0.2, 0) is 4.79 Å². The molecule has 3 nitrogen and oxygen atoms in total. The third-order valence-electron chi connectivity index (χ3n) is 4.51. The van der Waals surface area contributed by atoms with Crippen molar-refractivity contribution in [2.75, 3.05) is 18.8 Å². The molecular weight excluding hydrogens is 256 g/mol. The molecule has 1 aliphatic carbocycles. The average molecular weight is 284 g/mol. The zero-order valence-corrected chi connectivity index (χ0v) is 13.1. The van der Waals surface area contributed by atoms with Crippen LogP contribution < -0.4 is 10.6 Å². The van der Waals surface area contributed by atoms with Crippen LogP contribution in [0.3, 0.4) is 0 Å². The Morgan fingerprint density at radius 3 is 2.63 bits per heavy atom. The molecule has 0 spiro atoms. The Morgan fingerprint density at radius 1 is 1.21 bits per heavy atom. The Bertz CT molecular complexity index is 292. The van der Waals surface area contributed by atoms with Gasteiger partial charge in [0.1, 0.15) is 0 Å². The molecule has 2 fully saturated rings. The van der Waals surface area contributed by atoms with Crippen LogP contribution in [0.5, 0.6) is 0 Å². The molecule has 4 heteroatoms. The van der Waals surface area contributed by atoms with Crippen LogP contribution in [0.2, 0.25) is 0 Å². The lowest BCUT2D eigenvalue weighted by atomic mass is 9.80. The second kappa shape index (κ2) is 7.53. The van der Waals surface area contributed by atoms with Crippen LogP contribution in [0.1, 0.15) is 46.0 Å². The molecular formula is C15H28N2OS. The van der Waals surface area contributed by atoms with Crippen LogP contribution >= 0.6 is 11.8 Å². The maximum Gasteiger partial charge on any atom is 0.230 e. The summed E-state index contributed by atoms with van der Waals surface area (Å²) in [6, 6.07) is 0.414. The predicted octanol–water partition coefficient (Wildman–Crippen LogP) is 2.41. The fourth-order valence-electron chi connectivity index (χ4n) is 3.28. The molecule has 0 aromatic rings. The Hall–Kier alpha value is -0.220. The fourth-order valence-corrected chi connectivity index (χ4v) is 4.32. The fraction of sp³-hybridized carbons (Fsp3) is 0.933. The zero-order chi connectivity index (χ0) is 13.7. The van der Waals surface area contributed by atoms with Crippen molar-refractivity contribution in [3.05, 3.63) is 0 Å². The van der Waals surface area contributed by atoms with Gasteiger partial charge in [-0.2, -0.15) is 0 Å². The molecule has 1 saturated heterocycles. The monoisotopic (exact) mass is 284 g/mol. The van der Waals surface area contributed by atoms with Gasteiger partial charge in [0.15, 0.2) is 0 Å². The molecule has 0 bridgehead atoms. The lowest BCUT2D eigenvalue weighted by Gasteiger charge is -2.33. The van der Waals surface area contributed by atoms with E-state index in [2.05, 4.69) is 24.5 Å². The Labute approximate surface area is 121 Å². The van der Waals surface area contributed by atoms with Gasteiger partial charge in [-0.05, 0) is 57.0 Å². The molecule has 2 rings (SSSR count). The van der Waals surface area contributed by atoms with E-state index in [1.807, 2.05) is 11.8 Å². The molecule has 1 amide bonds. The van der Waals surface area contributed by atoms with Crippen LogP contribution in [0, 0.1) is 11.8 Å². The van der Waals surface area contributed by atoms with Gasteiger partial charge in [-0.1, -0.05) is 13.8 Å². The molecule has 0 aromatic heterocycles. The van der Waals surface area contributed by atoms with Crippen LogP contribution in [0.4, 0.5) is 0 Å². The number of amides is 1. The van der Waals surface area contributed by atoms with Gasteiger partial charge in [-0.25, -0.2) is 0 Å². The van der Waals surface area contributed by atoms with E-state index in [4.69, 9.17) is 0 Å². The first-order valence-electron chi connectivity index (χ1n) is 7.77. The van der Waals surface area contributed by atoms with E-state index in [9.17, 15) is 4.79 Å². The summed E-state index contributed by atoms with van der Waals surface area (Å²) in [5.74, 6) is 2.35. The van der Waals surface area contributed by atoms with Crippen molar-refractivity contribution in [2.24, 2.45) is 11.8 Å². The highest BCUT2D eigenvalue weighted by atomic mass is 32.2. The number of carbonyl (C=O) groups excluding carboxylic acids is 1. The molecule has 1 saturated carbocycles. The van der Waals surface area contributed by atoms with Gasteiger partial charge in [0.25, 0.3) is 0 Å². The normalized spacial score (nSPS) is 33.1. The molecule has 1 heterocycles. The number of piperidine rings is 1. The van der Waals surface area contributed by atoms with E-state index >= 15 is 0 Å². The molecule has 110 valence electrons. The first-order valence-corrected chi connectivity index (χ1v) is 8.81. The second-order valence-electron chi connectivity index (χ2n) is 6.33. The smallest absolute Gasteiger partial charge is 0.230 e. The Balaban J connectivity index is 1.66. The SMILES string of the molecule is CC1CCC(NC(=O)CSC2CCNCC2)C(C)C1. The third-order valence-corrected chi connectivity index (χ3v) is 5.89. The van der Waals surface area contributed by atoms with Crippen molar-refractivity contribution in [3.8, 4) is 0 Å². The van der Waals surface area contributed by atoms with Gasteiger partial charge in [-0.15, -0.1) is 11.8 Å². The van der Waals surface area contributed by atoms with Gasteiger partial charge < -0.3 is 10.6 Å². The second-order valence-corrected chi connectivity index (χ2v) is 7.62. The number of nitrogens with one attached hydrogen (secondary N) is 2. The molecule has 2 aliphatic rings. The van der Waals surface area contributed by atoms with E-state index in [-0.39, 0.29) is 5.91 Å². The number of rotatable bonds is 4. The molecule has 19 heavy (non-hydrogen) atoms. The van der Waals surface area contributed by atoms with E-state index in [1.165, 1.54) is 25.7 Å². The molecule has 2 N–H and O–H groups in total. The molecule has 0 aromatic carbocycles. The van der Waals surface area contributed by atoms with Gasteiger partial charge in [0.2, 0.25) is 5.91 Å². The maximum atomic E-state index is 12.0. The van der Waals surface area contributed by atoms with Crippen LogP contribution in [0.25, 0.3) is 0 Å². The number of carbonyl (C=O) groups is 1. The van der Waals surface area contributed by atoms with E-state index in [0.29, 0.717) is 23.0 Å². The van der Waals surface area contributed by atoms with E-state index < -0.39 is 0 Å². The van der Waals surface area contributed by atoms with E-state index in [0.717, 1.165) is 25.4 Å². The number of hydrogen-bond acceptors (Lipinski definition) is 3. The van der Waals surface area contributed by atoms with Crippen molar-refractivity contribution in [1.82, 2.24) is 10.6 Å². The standard InChI is InChI=1S/C15H28N2OS/c1-11-3-4-14(12(2)9-11)17-15(18)10-19-13-5-7-16-8-6-13/h11-14,16H,3-10H2,1-2H3,(H,17,18). The highest BCUT2D eigenvalue weighted by Crippen LogP contribution is 2.28. The first-order chi connectivity index (χ1) is 9.15. The largest absolute Gasteiger partial charge is 0.352 e. The van der Waals surface area contributed by atoms with Crippen molar-refractivity contribution in [3.63, 3.8) is 0 Å². The minimum atomic E-state index is 0.245. The predicted molar refractivity (Wildman–Crippen MR) is 82.5 cm³/mol. The van der Waals surface area contributed by atoms with Gasteiger partial charge in [0.05, 0.1) is 5.75 Å². The van der Waals surface area contributed by atoms with E-state index in [1.54, 1.807) is 0 Å². The minimum Gasteiger partial charge on any atom is -0.352 e. The van der Waals surface area contributed by atoms with Gasteiger partial charge in [-0.3, -0.25) is 4.79 Å². The van der Waals surface area contributed by atoms with Crippen LogP contribution in [-0.4, -0.2) is 36.0 Å². The number of hydrogen-bond donors (Lipinski definition) is 2. The number of thioether (sulfide) groups is 1. The summed E-state index contributed by atoms with van der Waals surface area (Å²) in [6.45, 7) is 6.82. The molecule has 0 radical (unpaired) electrons. The summed E-state index contributed by atoms with van der Waals surface area (Å²) in [7, 11) is 0. The summed E-state index contributed by atoms with van der Waals surface area (Å²) < 4.78 is 0. The topological polar surface area (TPSA) is 41.1 Å². The maximum absolute atomic E-state index is 12.0. The molecule has 1 aliphatic heterocycles. The van der Waals surface area contributed by atoms with Crippen molar-refractivity contribution in [2.45, 2.75) is 57.2 Å². The minimum absolute atomic E-state index is 0.245. The summed E-state index contributed by atoms with van der Waals surface area (Å²) in [6.07, 6.45) is 6.08.